The van der Waals surface area contributed by atoms with Crippen molar-refractivity contribution in [2.24, 2.45) is 7.05 Å². The number of pyridine rings is 1. The Hall–Kier alpha value is -3.89. The molecule has 0 saturated heterocycles. The summed E-state index contributed by atoms with van der Waals surface area (Å²) in [4.78, 5) is 25.0. The summed E-state index contributed by atoms with van der Waals surface area (Å²) in [5, 5.41) is 16.5. The molecule has 4 aromatic rings. The number of hydrogen-bond donors (Lipinski definition) is 3. The van der Waals surface area contributed by atoms with E-state index >= 15 is 0 Å². The van der Waals surface area contributed by atoms with Crippen molar-refractivity contribution in [2.75, 3.05) is 10.6 Å². The van der Waals surface area contributed by atoms with E-state index in [9.17, 15) is 9.50 Å². The largest absolute Gasteiger partial charge is 0.493 e. The molecule has 1 atom stereocenters. The maximum absolute atomic E-state index is 13.0. The van der Waals surface area contributed by atoms with Crippen LogP contribution in [0.1, 0.15) is 18.8 Å². The van der Waals surface area contributed by atoms with Crippen LogP contribution >= 0.6 is 0 Å². The molecule has 28 heavy (non-hydrogen) atoms. The molecule has 4 aromatic heterocycles. The second-order valence-corrected chi connectivity index (χ2v) is 6.11. The normalized spacial score (nSPS) is 12.1. The first-order valence-corrected chi connectivity index (χ1v) is 8.34. The van der Waals surface area contributed by atoms with Crippen molar-refractivity contribution in [3.63, 3.8) is 0 Å². The lowest BCUT2D eigenvalue weighted by atomic mass is 10.3. The number of aromatic nitrogens is 7. The first-order chi connectivity index (χ1) is 13.5. The monoisotopic (exact) mass is 381 g/mol. The van der Waals surface area contributed by atoms with Crippen LogP contribution in [0.2, 0.25) is 0 Å². The van der Waals surface area contributed by atoms with Crippen molar-refractivity contribution in [2.45, 2.75) is 13.0 Å². The summed E-state index contributed by atoms with van der Waals surface area (Å²) in [5.74, 6) is 1.01. The molecule has 0 unspecified atom stereocenters. The Morgan fingerprint density at radius 2 is 1.89 bits per heavy atom. The predicted molar refractivity (Wildman–Crippen MR) is 99.5 cm³/mol. The second kappa shape index (κ2) is 7.02. The zero-order chi connectivity index (χ0) is 19.7. The third-order valence-electron chi connectivity index (χ3n) is 3.87. The van der Waals surface area contributed by atoms with E-state index < -0.39 is 11.9 Å². The zero-order valence-electron chi connectivity index (χ0n) is 15.0. The van der Waals surface area contributed by atoms with Crippen LogP contribution in [0, 0.1) is 5.82 Å². The molecular weight excluding hydrogens is 365 g/mol. The van der Waals surface area contributed by atoms with Gasteiger partial charge >= 0.3 is 0 Å². The topological polar surface area (TPSA) is 127 Å². The third-order valence-corrected chi connectivity index (χ3v) is 3.87. The first kappa shape index (κ1) is 17.5. The minimum Gasteiger partial charge on any atom is -0.493 e. The average molecular weight is 381 g/mol. The number of halogens is 1. The van der Waals surface area contributed by atoms with Crippen molar-refractivity contribution in [3.8, 4) is 5.88 Å². The molecule has 0 fully saturated rings. The molecule has 0 saturated carbocycles. The molecule has 142 valence electrons. The molecule has 0 radical (unpaired) electrons. The van der Waals surface area contributed by atoms with Gasteiger partial charge in [0, 0.05) is 19.3 Å². The molecular formula is C17H16FN9O. The fourth-order valence-electron chi connectivity index (χ4n) is 2.56. The van der Waals surface area contributed by atoms with Crippen molar-refractivity contribution in [3.05, 3.63) is 48.7 Å². The van der Waals surface area contributed by atoms with E-state index in [1.54, 1.807) is 30.1 Å². The van der Waals surface area contributed by atoms with Crippen LogP contribution in [0.5, 0.6) is 5.88 Å². The Morgan fingerprint density at radius 3 is 2.61 bits per heavy atom. The number of anilines is 3. The molecule has 0 aliphatic heterocycles. The van der Waals surface area contributed by atoms with Crippen LogP contribution in [0.4, 0.5) is 22.0 Å². The van der Waals surface area contributed by atoms with E-state index in [0.717, 1.165) is 12.4 Å². The van der Waals surface area contributed by atoms with Crippen molar-refractivity contribution >= 4 is 28.6 Å². The van der Waals surface area contributed by atoms with Gasteiger partial charge in [-0.25, -0.2) is 19.3 Å². The minimum atomic E-state index is -0.514. The lowest BCUT2D eigenvalue weighted by molar-refractivity contribution is 0.455. The maximum atomic E-state index is 13.0. The molecule has 0 aliphatic carbocycles. The number of rotatable bonds is 5. The highest BCUT2D eigenvalue weighted by Gasteiger charge is 2.15. The molecule has 4 rings (SSSR count). The summed E-state index contributed by atoms with van der Waals surface area (Å²) in [6.07, 6.45) is 5.64. The van der Waals surface area contributed by atoms with E-state index in [2.05, 4.69) is 40.5 Å². The molecule has 0 aliphatic rings. The number of nitrogens with one attached hydrogen (secondary N) is 2. The fourth-order valence-corrected chi connectivity index (χ4v) is 2.56. The van der Waals surface area contributed by atoms with Gasteiger partial charge in [0.1, 0.15) is 17.5 Å². The molecule has 10 nitrogen and oxygen atoms in total. The standard InChI is InChI=1S/C17H16FN9O/c1-9(14-19-5-10(18)6-20-14)22-17-25-15(23-12-7-27(2)8-21-12)11-3-4-13(28)24-16(11)26-17/h3-9H,1-2H3,(H3,22,23,24,25,26,28)/t9-/m1/s1. The van der Waals surface area contributed by atoms with Gasteiger partial charge in [-0.05, 0) is 13.0 Å². The Bertz CT molecular complexity index is 1130. The zero-order valence-corrected chi connectivity index (χ0v) is 15.0. The van der Waals surface area contributed by atoms with Crippen molar-refractivity contribution in [1.29, 1.82) is 0 Å². The van der Waals surface area contributed by atoms with Gasteiger partial charge in [0.05, 0.1) is 30.1 Å². The Balaban J connectivity index is 1.70. The maximum Gasteiger partial charge on any atom is 0.227 e. The third kappa shape index (κ3) is 3.63. The molecule has 0 aromatic carbocycles. The SMILES string of the molecule is C[C@@H](Nc1nc(Nc2cn(C)cn2)c2ccc(O)nc2n1)c1ncc(F)cn1. The van der Waals surface area contributed by atoms with Gasteiger partial charge in [-0.1, -0.05) is 0 Å². The number of imidazole rings is 1. The summed E-state index contributed by atoms with van der Waals surface area (Å²) < 4.78 is 14.8. The van der Waals surface area contributed by atoms with Gasteiger partial charge in [0.15, 0.2) is 11.5 Å². The van der Waals surface area contributed by atoms with Crippen LogP contribution < -0.4 is 10.6 Å². The predicted octanol–water partition coefficient (Wildman–Crippen LogP) is 2.31. The van der Waals surface area contributed by atoms with Crippen LogP contribution in [0.15, 0.2) is 37.1 Å². The fraction of sp³-hybridized carbons (Fsp3) is 0.176. The smallest absolute Gasteiger partial charge is 0.227 e. The van der Waals surface area contributed by atoms with Gasteiger partial charge in [-0.2, -0.15) is 15.0 Å². The van der Waals surface area contributed by atoms with Crippen LogP contribution in [-0.2, 0) is 7.05 Å². The highest BCUT2D eigenvalue weighted by Crippen LogP contribution is 2.26. The van der Waals surface area contributed by atoms with Crippen LogP contribution in [0.25, 0.3) is 11.0 Å². The quantitative estimate of drug-likeness (QED) is 0.477. The number of hydrogen-bond acceptors (Lipinski definition) is 9. The van der Waals surface area contributed by atoms with Gasteiger partial charge in [0.25, 0.3) is 0 Å². The number of aryl methyl sites for hydroxylation is 1. The first-order valence-electron chi connectivity index (χ1n) is 8.34. The van der Waals surface area contributed by atoms with Crippen LogP contribution in [-0.4, -0.2) is 39.6 Å². The van der Waals surface area contributed by atoms with Crippen molar-refractivity contribution < 1.29 is 9.50 Å². The summed E-state index contributed by atoms with van der Waals surface area (Å²) >= 11 is 0. The van der Waals surface area contributed by atoms with Gasteiger partial charge in [-0.3, -0.25) is 0 Å². The summed E-state index contributed by atoms with van der Waals surface area (Å²) in [5.41, 5.74) is 0.295. The summed E-state index contributed by atoms with van der Waals surface area (Å²) in [6, 6.07) is 2.73. The minimum absolute atomic E-state index is 0.157. The molecule has 11 heteroatoms. The van der Waals surface area contributed by atoms with Gasteiger partial charge in [-0.15, -0.1) is 0 Å². The Kier molecular flexibility index (Phi) is 4.39. The number of aromatic hydroxyl groups is 1. The van der Waals surface area contributed by atoms with E-state index in [4.69, 9.17) is 0 Å². The number of nitrogens with zero attached hydrogens (tertiary/aromatic N) is 7. The average Bonchev–Trinajstić information content (AvgIpc) is 3.06. The number of fused-ring (bicyclic) bond motifs is 1. The lowest BCUT2D eigenvalue weighted by Gasteiger charge is -2.14. The van der Waals surface area contributed by atoms with Crippen molar-refractivity contribution in [1.82, 2.24) is 34.5 Å². The highest BCUT2D eigenvalue weighted by atomic mass is 19.1. The second-order valence-electron chi connectivity index (χ2n) is 6.11. The molecule has 0 bridgehead atoms. The molecule has 4 heterocycles. The highest BCUT2D eigenvalue weighted by molar-refractivity contribution is 5.89. The van der Waals surface area contributed by atoms with Crippen LogP contribution in [0.3, 0.4) is 0 Å². The lowest BCUT2D eigenvalue weighted by Crippen LogP contribution is -2.13. The van der Waals surface area contributed by atoms with Gasteiger partial charge in [0.2, 0.25) is 11.8 Å². The molecule has 3 N–H and O–H groups in total. The summed E-state index contributed by atoms with van der Waals surface area (Å²) in [7, 11) is 1.85. The molecule has 0 spiro atoms. The van der Waals surface area contributed by atoms with E-state index in [0.29, 0.717) is 28.5 Å². The summed E-state index contributed by atoms with van der Waals surface area (Å²) in [6.45, 7) is 1.79. The van der Waals surface area contributed by atoms with E-state index in [1.807, 2.05) is 7.05 Å². The van der Waals surface area contributed by atoms with E-state index in [1.165, 1.54) is 6.07 Å². The molecule has 0 amide bonds. The Labute approximate surface area is 158 Å². The van der Waals surface area contributed by atoms with Gasteiger partial charge < -0.3 is 20.3 Å². The van der Waals surface area contributed by atoms with E-state index in [-0.39, 0.29) is 11.8 Å². The Morgan fingerprint density at radius 1 is 1.11 bits per heavy atom.